The minimum Gasteiger partial charge on any atom is -1.00 e. The van der Waals surface area contributed by atoms with E-state index in [1.54, 1.807) is 0 Å². The Bertz CT molecular complexity index is 107. The Labute approximate surface area is 97.3 Å². The van der Waals surface area contributed by atoms with Crippen LogP contribution in [0.2, 0.25) is 0 Å². The van der Waals surface area contributed by atoms with E-state index >= 15 is 0 Å². The van der Waals surface area contributed by atoms with Gasteiger partial charge in [0, 0.05) is 6.61 Å². The maximum Gasteiger partial charge on any atom is 1.00 e. The fourth-order valence-electron chi connectivity index (χ4n) is 0.979. The van der Waals surface area contributed by atoms with E-state index in [0.717, 1.165) is 13.0 Å². The van der Waals surface area contributed by atoms with E-state index < -0.39 is 0 Å². The van der Waals surface area contributed by atoms with E-state index in [9.17, 15) is 0 Å². The van der Waals surface area contributed by atoms with Gasteiger partial charge in [-0.05, 0) is 26.7 Å². The molecule has 0 spiro atoms. The van der Waals surface area contributed by atoms with Crippen molar-refractivity contribution in [1.29, 1.82) is 0 Å². The molecule has 0 aromatic heterocycles. The molecule has 0 aliphatic rings. The van der Waals surface area contributed by atoms with Crippen molar-refractivity contribution in [2.75, 3.05) is 6.61 Å². The fraction of sp³-hybridized carbons (Fsp3) is 1.00. The number of hydrogen-bond donors (Lipinski definition) is 0. The molecular formula is C11H25LiO. The number of rotatable bonds is 7. The summed E-state index contributed by atoms with van der Waals surface area (Å²) in [5.41, 5.74) is 0.0895. The molecule has 2 heteroatoms. The summed E-state index contributed by atoms with van der Waals surface area (Å²) in [4.78, 5) is 0. The SMILES string of the molecule is CCCCCCOC(C)(C)CC.[H-].[Li+]. The maximum atomic E-state index is 5.73. The molecule has 1 nitrogen and oxygen atoms in total. The van der Waals surface area contributed by atoms with Gasteiger partial charge in [-0.2, -0.15) is 0 Å². The van der Waals surface area contributed by atoms with Crippen molar-refractivity contribution >= 4 is 0 Å². The molecule has 0 bridgehead atoms. The van der Waals surface area contributed by atoms with Gasteiger partial charge in [0.05, 0.1) is 5.60 Å². The van der Waals surface area contributed by atoms with Crippen molar-refractivity contribution in [3.05, 3.63) is 0 Å². The Morgan fingerprint density at radius 3 is 2.15 bits per heavy atom. The van der Waals surface area contributed by atoms with Crippen molar-refractivity contribution < 1.29 is 25.0 Å². The second-order valence-corrected chi connectivity index (χ2v) is 4.02. The van der Waals surface area contributed by atoms with E-state index in [-0.39, 0.29) is 25.9 Å². The van der Waals surface area contributed by atoms with Crippen LogP contribution in [0, 0.1) is 0 Å². The summed E-state index contributed by atoms with van der Waals surface area (Å²) in [5.74, 6) is 0. The molecule has 0 N–H and O–H groups in total. The van der Waals surface area contributed by atoms with Gasteiger partial charge < -0.3 is 6.16 Å². The molecular weight excluding hydrogens is 155 g/mol. The molecule has 0 aliphatic carbocycles. The molecule has 0 rings (SSSR count). The van der Waals surface area contributed by atoms with Crippen molar-refractivity contribution in [3.8, 4) is 0 Å². The molecule has 0 aromatic rings. The summed E-state index contributed by atoms with van der Waals surface area (Å²) in [6.45, 7) is 9.66. The van der Waals surface area contributed by atoms with Crippen LogP contribution >= 0.6 is 0 Å². The number of ether oxygens (including phenoxy) is 1. The molecule has 0 unspecified atom stereocenters. The summed E-state index contributed by atoms with van der Waals surface area (Å²) in [6, 6.07) is 0. The first kappa shape index (κ1) is 16.0. The zero-order valence-corrected chi connectivity index (χ0v) is 10.2. The third kappa shape index (κ3) is 10.5. The summed E-state index contributed by atoms with van der Waals surface area (Å²) >= 11 is 0. The Balaban J connectivity index is -0.000000605. The van der Waals surface area contributed by atoms with Gasteiger partial charge in [0.2, 0.25) is 0 Å². The van der Waals surface area contributed by atoms with E-state index in [1.165, 1.54) is 25.7 Å². The Morgan fingerprint density at radius 1 is 1.08 bits per heavy atom. The van der Waals surface area contributed by atoms with Crippen LogP contribution in [0.25, 0.3) is 0 Å². The average Bonchev–Trinajstić information content (AvgIpc) is 2.04. The molecule has 0 aromatic carbocycles. The maximum absolute atomic E-state index is 5.73. The van der Waals surface area contributed by atoms with E-state index in [0.29, 0.717) is 0 Å². The topological polar surface area (TPSA) is 9.23 Å². The van der Waals surface area contributed by atoms with Crippen LogP contribution in [-0.2, 0) is 4.74 Å². The number of unbranched alkanes of at least 4 members (excludes halogenated alkanes) is 3. The first-order chi connectivity index (χ1) is 5.62. The Morgan fingerprint density at radius 2 is 1.69 bits per heavy atom. The van der Waals surface area contributed by atoms with Crippen LogP contribution in [-0.4, -0.2) is 12.2 Å². The van der Waals surface area contributed by atoms with Gasteiger partial charge in [0.25, 0.3) is 0 Å². The van der Waals surface area contributed by atoms with Gasteiger partial charge in [-0.25, -0.2) is 0 Å². The predicted octanol–water partition coefficient (Wildman–Crippen LogP) is 0.888. The van der Waals surface area contributed by atoms with Crippen LogP contribution in [0.1, 0.15) is 61.2 Å². The van der Waals surface area contributed by atoms with Gasteiger partial charge in [-0.3, -0.25) is 0 Å². The first-order valence-electron chi connectivity index (χ1n) is 5.26. The quantitative estimate of drug-likeness (QED) is 0.417. The molecule has 0 saturated heterocycles. The van der Waals surface area contributed by atoms with Gasteiger partial charge in [0.1, 0.15) is 0 Å². The molecule has 13 heavy (non-hydrogen) atoms. The third-order valence-electron chi connectivity index (χ3n) is 2.34. The van der Waals surface area contributed by atoms with Crippen molar-refractivity contribution in [2.24, 2.45) is 0 Å². The molecule has 0 aliphatic heterocycles. The molecule has 0 heterocycles. The number of hydrogen-bond acceptors (Lipinski definition) is 1. The molecule has 76 valence electrons. The molecule has 0 radical (unpaired) electrons. The second-order valence-electron chi connectivity index (χ2n) is 4.02. The Hall–Kier alpha value is 0.557. The van der Waals surface area contributed by atoms with Crippen LogP contribution in [0.15, 0.2) is 0 Å². The van der Waals surface area contributed by atoms with E-state index in [4.69, 9.17) is 4.74 Å². The average molecular weight is 180 g/mol. The normalized spacial score (nSPS) is 11.1. The summed E-state index contributed by atoms with van der Waals surface area (Å²) in [5, 5.41) is 0. The summed E-state index contributed by atoms with van der Waals surface area (Å²) in [6.07, 6.45) is 6.28. The predicted molar refractivity (Wildman–Crippen MR) is 55.6 cm³/mol. The molecule has 0 saturated carbocycles. The van der Waals surface area contributed by atoms with E-state index in [2.05, 4.69) is 27.7 Å². The van der Waals surface area contributed by atoms with Gasteiger partial charge >= 0.3 is 18.9 Å². The zero-order chi connectivity index (χ0) is 9.45. The van der Waals surface area contributed by atoms with Crippen molar-refractivity contribution in [3.63, 3.8) is 0 Å². The minimum absolute atomic E-state index is 0. The minimum atomic E-state index is 0. The fourth-order valence-corrected chi connectivity index (χ4v) is 0.979. The van der Waals surface area contributed by atoms with Crippen LogP contribution in [0.5, 0.6) is 0 Å². The molecule has 0 fully saturated rings. The van der Waals surface area contributed by atoms with Crippen LogP contribution < -0.4 is 18.9 Å². The van der Waals surface area contributed by atoms with Gasteiger partial charge in [-0.1, -0.05) is 33.1 Å². The van der Waals surface area contributed by atoms with Crippen LogP contribution in [0.4, 0.5) is 0 Å². The second kappa shape index (κ2) is 9.13. The largest absolute Gasteiger partial charge is 1.00 e. The van der Waals surface area contributed by atoms with Gasteiger partial charge in [-0.15, -0.1) is 0 Å². The summed E-state index contributed by atoms with van der Waals surface area (Å²) < 4.78 is 5.73. The Kier molecular flexibility index (Phi) is 11.2. The smallest absolute Gasteiger partial charge is 1.00 e. The zero-order valence-electron chi connectivity index (χ0n) is 11.2. The molecule has 0 atom stereocenters. The third-order valence-corrected chi connectivity index (χ3v) is 2.34. The van der Waals surface area contributed by atoms with Gasteiger partial charge in [0.15, 0.2) is 0 Å². The first-order valence-corrected chi connectivity index (χ1v) is 5.26. The monoisotopic (exact) mass is 180 g/mol. The van der Waals surface area contributed by atoms with E-state index in [1.807, 2.05) is 0 Å². The summed E-state index contributed by atoms with van der Waals surface area (Å²) in [7, 11) is 0. The standard InChI is InChI=1S/C11H24O.Li.H/c1-5-7-8-9-10-12-11(3,4)6-2;;/h5-10H2,1-4H3;;/q;+1;-1. The van der Waals surface area contributed by atoms with Crippen molar-refractivity contribution in [1.82, 2.24) is 0 Å². The molecule has 0 amide bonds. The van der Waals surface area contributed by atoms with Crippen LogP contribution in [0.3, 0.4) is 0 Å². The van der Waals surface area contributed by atoms with Crippen molar-refractivity contribution in [2.45, 2.75) is 65.4 Å².